The van der Waals surface area contributed by atoms with E-state index in [9.17, 15) is 0 Å². The van der Waals surface area contributed by atoms with Crippen LogP contribution in [0.4, 0.5) is 5.69 Å². The maximum absolute atomic E-state index is 4.31. The average Bonchev–Trinajstić information content (AvgIpc) is 3.26. The number of pyridine rings is 1. The monoisotopic (exact) mass is 245 g/mol. The molecule has 1 aromatic heterocycles. The van der Waals surface area contributed by atoms with Crippen molar-refractivity contribution in [2.24, 2.45) is 5.92 Å². The number of hydrogen-bond donors (Lipinski definition) is 1. The van der Waals surface area contributed by atoms with Gasteiger partial charge in [-0.05, 0) is 63.7 Å². The van der Waals surface area contributed by atoms with Crippen LogP contribution in [-0.2, 0) is 0 Å². The van der Waals surface area contributed by atoms with Crippen LogP contribution < -0.4 is 10.2 Å². The summed E-state index contributed by atoms with van der Waals surface area (Å²) in [4.78, 5) is 6.95. The molecule has 0 aromatic carbocycles. The van der Waals surface area contributed by atoms with Crippen molar-refractivity contribution < 1.29 is 0 Å². The molecule has 1 aliphatic heterocycles. The average molecular weight is 245 g/mol. The lowest BCUT2D eigenvalue weighted by molar-refractivity contribution is 0.393. The fourth-order valence-corrected chi connectivity index (χ4v) is 3.18. The number of aromatic nitrogens is 1. The van der Waals surface area contributed by atoms with Crippen molar-refractivity contribution in [3.05, 3.63) is 24.5 Å². The number of anilines is 1. The van der Waals surface area contributed by atoms with Crippen molar-refractivity contribution in [1.82, 2.24) is 10.3 Å². The molecule has 0 amide bonds. The molecular weight excluding hydrogens is 222 g/mol. The highest BCUT2D eigenvalue weighted by Crippen LogP contribution is 2.38. The Kier molecular flexibility index (Phi) is 3.50. The van der Waals surface area contributed by atoms with Crippen molar-refractivity contribution in [3.8, 4) is 0 Å². The van der Waals surface area contributed by atoms with E-state index in [4.69, 9.17) is 0 Å². The van der Waals surface area contributed by atoms with E-state index in [1.54, 1.807) is 0 Å². The maximum Gasteiger partial charge on any atom is 0.0557 e. The first-order valence-corrected chi connectivity index (χ1v) is 7.25. The van der Waals surface area contributed by atoms with Gasteiger partial charge in [0.05, 0.1) is 11.9 Å². The third-order valence-electron chi connectivity index (χ3n) is 4.39. The zero-order chi connectivity index (χ0) is 12.4. The molecule has 1 aliphatic carbocycles. The quantitative estimate of drug-likeness (QED) is 0.883. The fraction of sp³-hybridized carbons (Fsp3) is 0.667. The zero-order valence-electron chi connectivity index (χ0n) is 11.2. The van der Waals surface area contributed by atoms with Crippen LogP contribution >= 0.6 is 0 Å². The van der Waals surface area contributed by atoms with Crippen LogP contribution in [0.2, 0.25) is 0 Å². The summed E-state index contributed by atoms with van der Waals surface area (Å²) in [5, 5.41) is 3.46. The van der Waals surface area contributed by atoms with Crippen molar-refractivity contribution >= 4 is 5.69 Å². The molecular formula is C15H23N3. The van der Waals surface area contributed by atoms with Gasteiger partial charge in [0.15, 0.2) is 0 Å². The van der Waals surface area contributed by atoms with Gasteiger partial charge in [0.25, 0.3) is 0 Å². The molecule has 1 unspecified atom stereocenters. The van der Waals surface area contributed by atoms with Crippen LogP contribution in [0.15, 0.2) is 24.5 Å². The third kappa shape index (κ3) is 2.51. The Morgan fingerprint density at radius 3 is 2.67 bits per heavy atom. The maximum atomic E-state index is 4.31. The van der Waals surface area contributed by atoms with Crippen LogP contribution in [0.25, 0.3) is 0 Å². The summed E-state index contributed by atoms with van der Waals surface area (Å²) >= 11 is 0. The Balaban J connectivity index is 1.82. The Morgan fingerprint density at radius 2 is 2.06 bits per heavy atom. The minimum absolute atomic E-state index is 0.664. The minimum atomic E-state index is 0.664. The molecule has 0 radical (unpaired) electrons. The summed E-state index contributed by atoms with van der Waals surface area (Å²) in [7, 11) is 0. The predicted octanol–water partition coefficient (Wildman–Crippen LogP) is 2.44. The highest BCUT2D eigenvalue weighted by atomic mass is 15.2. The summed E-state index contributed by atoms with van der Waals surface area (Å²) in [6.07, 6.45) is 9.22. The van der Waals surface area contributed by atoms with Gasteiger partial charge in [0.2, 0.25) is 0 Å². The number of piperidine rings is 1. The first-order chi connectivity index (χ1) is 8.86. The lowest BCUT2D eigenvalue weighted by Crippen LogP contribution is -2.48. The summed E-state index contributed by atoms with van der Waals surface area (Å²) < 4.78 is 0. The van der Waals surface area contributed by atoms with Crippen LogP contribution in [0.1, 0.15) is 32.6 Å². The number of rotatable bonds is 4. The van der Waals surface area contributed by atoms with E-state index in [0.717, 1.165) is 19.0 Å². The Bertz CT molecular complexity index is 369. The van der Waals surface area contributed by atoms with Crippen molar-refractivity contribution in [2.75, 3.05) is 18.0 Å². The topological polar surface area (TPSA) is 28.2 Å². The van der Waals surface area contributed by atoms with Gasteiger partial charge >= 0.3 is 0 Å². The van der Waals surface area contributed by atoms with Gasteiger partial charge in [-0.1, -0.05) is 0 Å². The van der Waals surface area contributed by atoms with Gasteiger partial charge in [-0.2, -0.15) is 0 Å². The van der Waals surface area contributed by atoms with E-state index in [1.807, 2.05) is 12.4 Å². The second-order valence-electron chi connectivity index (χ2n) is 5.68. The largest absolute Gasteiger partial charge is 0.364 e. The van der Waals surface area contributed by atoms with Gasteiger partial charge in [-0.3, -0.25) is 4.98 Å². The number of nitrogens with zero attached hydrogens (tertiary/aromatic N) is 2. The highest BCUT2D eigenvalue weighted by Gasteiger charge is 2.35. The van der Waals surface area contributed by atoms with Crippen LogP contribution in [-0.4, -0.2) is 30.2 Å². The zero-order valence-corrected chi connectivity index (χ0v) is 11.2. The third-order valence-corrected chi connectivity index (χ3v) is 4.39. The van der Waals surface area contributed by atoms with E-state index in [2.05, 4.69) is 34.3 Å². The van der Waals surface area contributed by atoms with Crippen LogP contribution in [0.3, 0.4) is 0 Å². The molecule has 1 N–H and O–H groups in total. The van der Waals surface area contributed by atoms with E-state index in [0.29, 0.717) is 12.1 Å². The number of hydrogen-bond acceptors (Lipinski definition) is 3. The van der Waals surface area contributed by atoms with Crippen LogP contribution in [0.5, 0.6) is 0 Å². The van der Waals surface area contributed by atoms with Gasteiger partial charge in [-0.25, -0.2) is 0 Å². The minimum Gasteiger partial charge on any atom is -0.364 e. The van der Waals surface area contributed by atoms with E-state index in [1.165, 1.54) is 31.4 Å². The first kappa shape index (κ1) is 12.0. The SMILES string of the molecule is CC(C1CC1)N(c1cccnc1)C1CCNCC1. The molecule has 3 nitrogen and oxygen atoms in total. The van der Waals surface area contributed by atoms with Gasteiger partial charge in [-0.15, -0.1) is 0 Å². The molecule has 2 fully saturated rings. The highest BCUT2D eigenvalue weighted by molar-refractivity contribution is 5.46. The summed E-state index contributed by atoms with van der Waals surface area (Å²) in [5.41, 5.74) is 1.31. The Labute approximate surface area is 110 Å². The summed E-state index contributed by atoms with van der Waals surface area (Å²) in [6, 6.07) is 5.63. The number of nitrogens with one attached hydrogen (secondary N) is 1. The molecule has 1 saturated heterocycles. The molecule has 3 rings (SSSR count). The molecule has 0 spiro atoms. The standard InChI is InChI=1S/C15H23N3/c1-12(13-4-5-13)18(14-6-9-16-10-7-14)15-3-2-8-17-11-15/h2-3,8,11-14,16H,4-7,9-10H2,1H3. The van der Waals surface area contributed by atoms with Crippen molar-refractivity contribution in [2.45, 2.75) is 44.7 Å². The fourth-order valence-electron chi connectivity index (χ4n) is 3.18. The molecule has 2 heterocycles. The van der Waals surface area contributed by atoms with E-state index in [-0.39, 0.29) is 0 Å². The molecule has 18 heavy (non-hydrogen) atoms. The molecule has 2 aliphatic rings. The van der Waals surface area contributed by atoms with E-state index >= 15 is 0 Å². The van der Waals surface area contributed by atoms with Crippen LogP contribution in [0, 0.1) is 5.92 Å². The molecule has 1 atom stereocenters. The van der Waals surface area contributed by atoms with Crippen molar-refractivity contribution in [1.29, 1.82) is 0 Å². The van der Waals surface area contributed by atoms with Crippen molar-refractivity contribution in [3.63, 3.8) is 0 Å². The Hall–Kier alpha value is -1.09. The summed E-state index contributed by atoms with van der Waals surface area (Å²) in [6.45, 7) is 4.70. The lowest BCUT2D eigenvalue weighted by atomic mass is 10.0. The predicted molar refractivity (Wildman–Crippen MR) is 74.8 cm³/mol. The van der Waals surface area contributed by atoms with Gasteiger partial charge < -0.3 is 10.2 Å². The molecule has 1 saturated carbocycles. The second-order valence-corrected chi connectivity index (χ2v) is 5.68. The lowest BCUT2D eigenvalue weighted by Gasteiger charge is -2.40. The van der Waals surface area contributed by atoms with Gasteiger partial charge in [0.1, 0.15) is 0 Å². The summed E-state index contributed by atoms with van der Waals surface area (Å²) in [5.74, 6) is 0.903. The molecule has 98 valence electrons. The second kappa shape index (κ2) is 5.27. The molecule has 0 bridgehead atoms. The normalized spacial score (nSPS) is 22.7. The van der Waals surface area contributed by atoms with Gasteiger partial charge in [0, 0.05) is 18.3 Å². The first-order valence-electron chi connectivity index (χ1n) is 7.25. The molecule has 3 heteroatoms. The Morgan fingerprint density at radius 1 is 1.28 bits per heavy atom. The smallest absolute Gasteiger partial charge is 0.0557 e. The molecule has 1 aromatic rings. The van der Waals surface area contributed by atoms with E-state index < -0.39 is 0 Å².